The van der Waals surface area contributed by atoms with Crippen molar-refractivity contribution in [1.29, 1.82) is 0 Å². The van der Waals surface area contributed by atoms with E-state index in [0.717, 1.165) is 51.1 Å². The number of hydrogen-bond donors (Lipinski definition) is 2. The second-order valence-corrected chi connectivity index (χ2v) is 9.85. The van der Waals surface area contributed by atoms with Crippen molar-refractivity contribution in [3.63, 3.8) is 0 Å². The summed E-state index contributed by atoms with van der Waals surface area (Å²) in [4.78, 5) is 25.4. The number of aliphatic carboxylic acids is 1. The van der Waals surface area contributed by atoms with Crippen LogP contribution in [0.1, 0.15) is 35.1 Å². The SMILES string of the molecule is CCc1cc(OC)ccc1-c1ccc(C[C@@](N)(C(=O)O)C(=O)OCC2c3ccccc3-c3ccccc32)cc1. The Morgan fingerprint density at radius 3 is 2.05 bits per heavy atom. The quantitative estimate of drug-likeness (QED) is 0.220. The third-order valence-electron chi connectivity index (χ3n) is 7.53. The molecule has 0 spiro atoms. The fourth-order valence-electron chi connectivity index (χ4n) is 5.36. The van der Waals surface area contributed by atoms with E-state index in [0.29, 0.717) is 5.56 Å². The standard InChI is InChI=1S/C33H31NO5/c1-3-22-18-24(38-2)16-17-25(22)23-14-12-21(13-15-23)19-33(34,31(35)36)32(37)39-20-30-28-10-6-4-8-26(28)27-9-5-7-11-29(27)30/h4-18,30H,3,19-20,34H2,1-2H3,(H,35,36)/t33-/m1/s1. The van der Waals surface area contributed by atoms with Gasteiger partial charge in [-0.3, -0.25) is 0 Å². The van der Waals surface area contributed by atoms with Crippen molar-refractivity contribution < 1.29 is 24.2 Å². The molecule has 0 amide bonds. The van der Waals surface area contributed by atoms with Gasteiger partial charge in [-0.2, -0.15) is 0 Å². The molecule has 6 nitrogen and oxygen atoms in total. The number of carboxylic acid groups (broad SMARTS) is 1. The molecule has 1 aliphatic carbocycles. The second-order valence-electron chi connectivity index (χ2n) is 9.85. The zero-order valence-corrected chi connectivity index (χ0v) is 22.0. The smallest absolute Gasteiger partial charge is 0.338 e. The first-order chi connectivity index (χ1) is 18.9. The number of aryl methyl sites for hydroxylation is 1. The van der Waals surface area contributed by atoms with Gasteiger partial charge >= 0.3 is 11.9 Å². The van der Waals surface area contributed by atoms with Crippen LogP contribution in [0.25, 0.3) is 22.3 Å². The van der Waals surface area contributed by atoms with Crippen LogP contribution in [-0.2, 0) is 27.2 Å². The van der Waals surface area contributed by atoms with E-state index in [-0.39, 0.29) is 18.9 Å². The molecule has 1 aliphatic rings. The maximum Gasteiger partial charge on any atom is 0.338 e. The summed E-state index contributed by atoms with van der Waals surface area (Å²) in [6.07, 6.45) is 0.642. The molecule has 6 heteroatoms. The first kappa shape index (κ1) is 26.2. The molecule has 0 radical (unpaired) electrons. The van der Waals surface area contributed by atoms with E-state index < -0.39 is 17.5 Å². The fourth-order valence-corrected chi connectivity index (χ4v) is 5.36. The van der Waals surface area contributed by atoms with Crippen molar-refractivity contribution in [2.24, 2.45) is 5.73 Å². The van der Waals surface area contributed by atoms with Gasteiger partial charge in [0.05, 0.1) is 7.11 Å². The van der Waals surface area contributed by atoms with Crippen LogP contribution in [0.4, 0.5) is 0 Å². The highest BCUT2D eigenvalue weighted by atomic mass is 16.5. The minimum Gasteiger partial charge on any atom is -0.497 e. The summed E-state index contributed by atoms with van der Waals surface area (Å²) in [5, 5.41) is 9.98. The Bertz CT molecular complexity index is 1480. The summed E-state index contributed by atoms with van der Waals surface area (Å²) >= 11 is 0. The predicted molar refractivity (Wildman–Crippen MR) is 151 cm³/mol. The minimum absolute atomic E-state index is 0.00922. The van der Waals surface area contributed by atoms with Gasteiger partial charge in [-0.25, -0.2) is 9.59 Å². The van der Waals surface area contributed by atoms with Gasteiger partial charge in [-0.15, -0.1) is 0 Å². The second kappa shape index (κ2) is 10.8. The Morgan fingerprint density at radius 1 is 0.872 bits per heavy atom. The van der Waals surface area contributed by atoms with Crippen molar-refractivity contribution >= 4 is 11.9 Å². The first-order valence-corrected chi connectivity index (χ1v) is 13.0. The summed E-state index contributed by atoms with van der Waals surface area (Å²) in [7, 11) is 1.64. The van der Waals surface area contributed by atoms with Crippen molar-refractivity contribution in [3.8, 4) is 28.0 Å². The molecule has 5 rings (SSSR count). The van der Waals surface area contributed by atoms with Crippen molar-refractivity contribution in [2.75, 3.05) is 13.7 Å². The third kappa shape index (κ3) is 4.91. The van der Waals surface area contributed by atoms with E-state index in [4.69, 9.17) is 15.2 Å². The average Bonchev–Trinajstić information content (AvgIpc) is 3.29. The number of carboxylic acids is 1. The van der Waals surface area contributed by atoms with Crippen molar-refractivity contribution in [2.45, 2.75) is 31.2 Å². The Hall–Kier alpha value is -4.42. The van der Waals surface area contributed by atoms with E-state index in [1.54, 1.807) is 19.2 Å². The molecule has 0 fully saturated rings. The van der Waals surface area contributed by atoms with E-state index in [2.05, 4.69) is 6.92 Å². The molecule has 0 saturated carbocycles. The summed E-state index contributed by atoms with van der Waals surface area (Å²) in [5.41, 5.74) is 12.1. The number of nitrogens with two attached hydrogens (primary N) is 1. The lowest BCUT2D eigenvalue weighted by Crippen LogP contribution is -2.57. The first-order valence-electron chi connectivity index (χ1n) is 13.0. The average molecular weight is 522 g/mol. The van der Waals surface area contributed by atoms with Crippen molar-refractivity contribution in [1.82, 2.24) is 0 Å². The normalized spacial score (nSPS) is 13.7. The monoisotopic (exact) mass is 521 g/mol. The molecule has 39 heavy (non-hydrogen) atoms. The number of methoxy groups -OCH3 is 1. The number of hydrogen-bond acceptors (Lipinski definition) is 5. The van der Waals surface area contributed by atoms with Gasteiger partial charge in [0, 0.05) is 12.3 Å². The molecule has 1 atom stereocenters. The van der Waals surface area contributed by atoms with Crippen LogP contribution in [0.5, 0.6) is 5.75 Å². The molecule has 0 unspecified atom stereocenters. The lowest BCUT2D eigenvalue weighted by atomic mass is 9.90. The van der Waals surface area contributed by atoms with Crippen LogP contribution in [0.2, 0.25) is 0 Å². The van der Waals surface area contributed by atoms with Crippen LogP contribution in [0.15, 0.2) is 91.0 Å². The summed E-state index contributed by atoms with van der Waals surface area (Å²) in [5.74, 6) is -1.77. The van der Waals surface area contributed by atoms with E-state index in [1.165, 1.54) is 0 Å². The topological polar surface area (TPSA) is 98.9 Å². The molecule has 0 heterocycles. The predicted octanol–water partition coefficient (Wildman–Crippen LogP) is 5.60. The highest BCUT2D eigenvalue weighted by Crippen LogP contribution is 2.44. The zero-order valence-electron chi connectivity index (χ0n) is 22.0. The Morgan fingerprint density at radius 2 is 1.49 bits per heavy atom. The molecule has 0 aliphatic heterocycles. The van der Waals surface area contributed by atoms with Gasteiger partial charge in [0.2, 0.25) is 5.54 Å². The lowest BCUT2D eigenvalue weighted by molar-refractivity contribution is -0.161. The van der Waals surface area contributed by atoms with Gasteiger partial charge in [0.15, 0.2) is 0 Å². The summed E-state index contributed by atoms with van der Waals surface area (Å²) in [6, 6.07) is 29.3. The number of carbonyl (C=O) groups is 2. The largest absolute Gasteiger partial charge is 0.497 e. The molecule has 0 bridgehead atoms. The number of rotatable bonds is 9. The fraction of sp³-hybridized carbons (Fsp3) is 0.212. The molecule has 4 aromatic carbocycles. The molecular weight excluding hydrogens is 490 g/mol. The van der Waals surface area contributed by atoms with Gasteiger partial charge in [-0.1, -0.05) is 85.8 Å². The Balaban J connectivity index is 1.33. The zero-order chi connectivity index (χ0) is 27.6. The molecule has 4 aromatic rings. The highest BCUT2D eigenvalue weighted by molar-refractivity contribution is 6.04. The number of fused-ring (bicyclic) bond motifs is 3. The maximum atomic E-state index is 13.2. The maximum absolute atomic E-state index is 13.2. The van der Waals surface area contributed by atoms with Crippen LogP contribution in [-0.4, -0.2) is 36.3 Å². The molecule has 0 saturated heterocycles. The van der Waals surface area contributed by atoms with E-state index in [1.807, 2.05) is 78.9 Å². The van der Waals surface area contributed by atoms with Crippen LogP contribution in [0.3, 0.4) is 0 Å². The van der Waals surface area contributed by atoms with Gasteiger partial charge in [0.1, 0.15) is 12.4 Å². The minimum atomic E-state index is -2.21. The van der Waals surface area contributed by atoms with Gasteiger partial charge in [0.25, 0.3) is 0 Å². The van der Waals surface area contributed by atoms with Crippen molar-refractivity contribution in [3.05, 3.63) is 113 Å². The van der Waals surface area contributed by atoms with Gasteiger partial charge in [-0.05, 0) is 63.1 Å². The van der Waals surface area contributed by atoms with E-state index >= 15 is 0 Å². The van der Waals surface area contributed by atoms with Gasteiger partial charge < -0.3 is 20.3 Å². The van der Waals surface area contributed by atoms with Crippen LogP contribution in [0, 0.1) is 0 Å². The van der Waals surface area contributed by atoms with Crippen LogP contribution < -0.4 is 10.5 Å². The summed E-state index contributed by atoms with van der Waals surface area (Å²) < 4.78 is 11.0. The number of benzene rings is 4. The molecule has 198 valence electrons. The molecule has 3 N–H and O–H groups in total. The molecule has 0 aromatic heterocycles. The number of carbonyl (C=O) groups excluding carboxylic acids is 1. The molecular formula is C33H31NO5. The lowest BCUT2D eigenvalue weighted by Gasteiger charge is -2.24. The summed E-state index contributed by atoms with van der Waals surface area (Å²) in [6.45, 7) is 2.09. The number of esters is 1. The van der Waals surface area contributed by atoms with Crippen LogP contribution >= 0.6 is 0 Å². The van der Waals surface area contributed by atoms with E-state index in [9.17, 15) is 14.7 Å². The number of ether oxygens (including phenoxy) is 2. The Labute approximate surface area is 228 Å². The Kier molecular flexibility index (Phi) is 7.22. The third-order valence-corrected chi connectivity index (χ3v) is 7.53. The highest BCUT2D eigenvalue weighted by Gasteiger charge is 2.45.